The van der Waals surface area contributed by atoms with Gasteiger partial charge in [0.1, 0.15) is 11.5 Å². The second-order valence-electron chi connectivity index (χ2n) is 4.88. The lowest BCUT2D eigenvalue weighted by atomic mass is 10.2. The number of hydrazone groups is 1. The number of aryl methyl sites for hydroxylation is 1. The highest BCUT2D eigenvalue weighted by atomic mass is 79.9. The summed E-state index contributed by atoms with van der Waals surface area (Å²) < 4.78 is 12.3. The van der Waals surface area contributed by atoms with Gasteiger partial charge < -0.3 is 9.47 Å². The smallest absolute Gasteiger partial charge is 0.277 e. The SMILES string of the molecule is COc1ccccc1/C=N/NC(=O)COc1c(Br)cc(C)cc1Br. The van der Waals surface area contributed by atoms with Gasteiger partial charge in [0, 0.05) is 5.56 Å². The Morgan fingerprint density at radius 1 is 1.25 bits per heavy atom. The second kappa shape index (κ2) is 8.84. The molecule has 5 nitrogen and oxygen atoms in total. The summed E-state index contributed by atoms with van der Waals surface area (Å²) in [6.07, 6.45) is 1.52. The van der Waals surface area contributed by atoms with Crippen LogP contribution < -0.4 is 14.9 Å². The van der Waals surface area contributed by atoms with Crippen molar-refractivity contribution in [2.24, 2.45) is 5.10 Å². The summed E-state index contributed by atoms with van der Waals surface area (Å²) in [5, 5.41) is 3.91. The summed E-state index contributed by atoms with van der Waals surface area (Å²) in [4.78, 5) is 11.8. The molecular weight excluding hydrogens is 440 g/mol. The van der Waals surface area contributed by atoms with E-state index in [4.69, 9.17) is 9.47 Å². The van der Waals surface area contributed by atoms with Gasteiger partial charge in [0.15, 0.2) is 6.61 Å². The van der Waals surface area contributed by atoms with Gasteiger partial charge >= 0.3 is 0 Å². The molecule has 2 aromatic rings. The Morgan fingerprint density at radius 3 is 2.58 bits per heavy atom. The van der Waals surface area contributed by atoms with Crippen molar-refractivity contribution in [3.8, 4) is 11.5 Å². The van der Waals surface area contributed by atoms with Gasteiger partial charge in [0.2, 0.25) is 0 Å². The molecular formula is C17H16Br2N2O3. The molecule has 0 heterocycles. The lowest BCUT2D eigenvalue weighted by Gasteiger charge is -2.10. The van der Waals surface area contributed by atoms with E-state index in [0.29, 0.717) is 11.5 Å². The van der Waals surface area contributed by atoms with Crippen molar-refractivity contribution in [2.45, 2.75) is 6.92 Å². The molecule has 0 spiro atoms. The number of carbonyl (C=O) groups is 1. The number of nitrogens with one attached hydrogen (secondary N) is 1. The van der Waals surface area contributed by atoms with Crippen LogP contribution >= 0.6 is 31.9 Å². The van der Waals surface area contributed by atoms with Gasteiger partial charge in [-0.15, -0.1) is 0 Å². The average molecular weight is 456 g/mol. The normalized spacial score (nSPS) is 10.7. The fourth-order valence-corrected chi connectivity index (χ4v) is 3.59. The topological polar surface area (TPSA) is 59.9 Å². The Kier molecular flexibility index (Phi) is 6.81. The average Bonchev–Trinajstić information content (AvgIpc) is 2.54. The Hall–Kier alpha value is -1.86. The molecule has 0 unspecified atom stereocenters. The number of para-hydroxylation sites is 1. The van der Waals surface area contributed by atoms with Crippen LogP contribution in [-0.2, 0) is 4.79 Å². The standard InChI is InChI=1S/C17H16Br2N2O3/c1-11-7-13(18)17(14(19)8-11)24-10-16(22)21-20-9-12-5-3-4-6-15(12)23-2/h3-9H,10H2,1-2H3,(H,21,22)/b20-9+. The van der Waals surface area contributed by atoms with Crippen LogP contribution in [0.1, 0.15) is 11.1 Å². The van der Waals surface area contributed by atoms with Gasteiger partial charge in [0.05, 0.1) is 22.3 Å². The van der Waals surface area contributed by atoms with Crippen molar-refractivity contribution in [1.82, 2.24) is 5.43 Å². The maximum atomic E-state index is 11.8. The van der Waals surface area contributed by atoms with Gasteiger partial charge in [0.25, 0.3) is 5.91 Å². The molecule has 1 amide bonds. The zero-order chi connectivity index (χ0) is 17.5. The molecule has 0 aliphatic heterocycles. The molecule has 0 aliphatic rings. The molecule has 0 fully saturated rings. The van der Waals surface area contributed by atoms with E-state index in [1.807, 2.05) is 43.3 Å². The van der Waals surface area contributed by atoms with Crippen LogP contribution in [0.4, 0.5) is 0 Å². The third-order valence-electron chi connectivity index (χ3n) is 3.02. The van der Waals surface area contributed by atoms with E-state index in [1.54, 1.807) is 7.11 Å². The van der Waals surface area contributed by atoms with Crippen molar-refractivity contribution < 1.29 is 14.3 Å². The van der Waals surface area contributed by atoms with Crippen LogP contribution in [0, 0.1) is 6.92 Å². The predicted octanol–water partition coefficient (Wildman–Crippen LogP) is 4.06. The summed E-state index contributed by atoms with van der Waals surface area (Å²) in [5.41, 5.74) is 4.27. The Bertz CT molecular complexity index is 740. The number of benzene rings is 2. The molecule has 7 heteroatoms. The summed E-state index contributed by atoms with van der Waals surface area (Å²) in [7, 11) is 1.58. The molecule has 2 aromatic carbocycles. The number of halogens is 2. The van der Waals surface area contributed by atoms with Crippen molar-refractivity contribution in [3.05, 3.63) is 56.5 Å². The Balaban J connectivity index is 1.91. The number of hydrogen-bond acceptors (Lipinski definition) is 4. The number of carbonyl (C=O) groups excluding carboxylic acids is 1. The fraction of sp³-hybridized carbons (Fsp3) is 0.176. The van der Waals surface area contributed by atoms with Crippen LogP contribution in [-0.4, -0.2) is 25.8 Å². The minimum absolute atomic E-state index is 0.149. The Morgan fingerprint density at radius 2 is 1.92 bits per heavy atom. The highest BCUT2D eigenvalue weighted by molar-refractivity contribution is 9.11. The quantitative estimate of drug-likeness (QED) is 0.527. The number of methoxy groups -OCH3 is 1. The van der Waals surface area contributed by atoms with Gasteiger partial charge in [-0.25, -0.2) is 5.43 Å². The summed E-state index contributed by atoms with van der Waals surface area (Å²) >= 11 is 6.83. The van der Waals surface area contributed by atoms with Crippen molar-refractivity contribution in [2.75, 3.05) is 13.7 Å². The van der Waals surface area contributed by atoms with Crippen molar-refractivity contribution >= 4 is 44.0 Å². The lowest BCUT2D eigenvalue weighted by molar-refractivity contribution is -0.123. The zero-order valence-corrected chi connectivity index (χ0v) is 16.3. The summed E-state index contributed by atoms with van der Waals surface area (Å²) in [5.74, 6) is 0.893. The second-order valence-corrected chi connectivity index (χ2v) is 6.59. The lowest BCUT2D eigenvalue weighted by Crippen LogP contribution is -2.24. The summed E-state index contributed by atoms with van der Waals surface area (Å²) in [6, 6.07) is 11.2. The maximum Gasteiger partial charge on any atom is 0.277 e. The molecule has 126 valence electrons. The largest absolute Gasteiger partial charge is 0.496 e. The number of nitrogens with zero attached hydrogens (tertiary/aromatic N) is 1. The van der Waals surface area contributed by atoms with Crippen LogP contribution in [0.5, 0.6) is 11.5 Å². The molecule has 0 bridgehead atoms. The predicted molar refractivity (Wildman–Crippen MR) is 101 cm³/mol. The van der Waals surface area contributed by atoms with Gasteiger partial charge in [-0.1, -0.05) is 12.1 Å². The van der Waals surface area contributed by atoms with E-state index in [9.17, 15) is 4.79 Å². The van der Waals surface area contributed by atoms with Gasteiger partial charge in [-0.2, -0.15) is 5.10 Å². The van der Waals surface area contributed by atoms with E-state index < -0.39 is 0 Å². The molecule has 0 atom stereocenters. The van der Waals surface area contributed by atoms with Gasteiger partial charge in [-0.05, 0) is 68.6 Å². The minimum atomic E-state index is -0.361. The van der Waals surface area contributed by atoms with E-state index in [2.05, 4.69) is 42.4 Å². The fourth-order valence-electron chi connectivity index (χ4n) is 1.94. The minimum Gasteiger partial charge on any atom is -0.496 e. The third-order valence-corrected chi connectivity index (χ3v) is 4.20. The first-order valence-corrected chi connectivity index (χ1v) is 8.63. The number of rotatable bonds is 6. The molecule has 0 aromatic heterocycles. The van der Waals surface area contributed by atoms with Crippen LogP contribution in [0.25, 0.3) is 0 Å². The van der Waals surface area contributed by atoms with E-state index in [0.717, 1.165) is 20.1 Å². The first kappa shape index (κ1) is 18.5. The molecule has 0 saturated heterocycles. The van der Waals surface area contributed by atoms with E-state index in [-0.39, 0.29) is 12.5 Å². The molecule has 0 saturated carbocycles. The zero-order valence-electron chi connectivity index (χ0n) is 13.2. The molecule has 0 radical (unpaired) electrons. The Labute approximate surface area is 157 Å². The van der Waals surface area contributed by atoms with E-state index >= 15 is 0 Å². The molecule has 2 rings (SSSR count). The number of hydrogen-bond donors (Lipinski definition) is 1. The first-order valence-electron chi connectivity index (χ1n) is 7.04. The number of amides is 1. The third kappa shape index (κ3) is 5.07. The van der Waals surface area contributed by atoms with Crippen LogP contribution in [0.3, 0.4) is 0 Å². The van der Waals surface area contributed by atoms with Crippen molar-refractivity contribution in [1.29, 1.82) is 0 Å². The van der Waals surface area contributed by atoms with Crippen LogP contribution in [0.15, 0.2) is 50.4 Å². The van der Waals surface area contributed by atoms with E-state index in [1.165, 1.54) is 6.21 Å². The highest BCUT2D eigenvalue weighted by Crippen LogP contribution is 2.34. The van der Waals surface area contributed by atoms with Crippen molar-refractivity contribution in [3.63, 3.8) is 0 Å². The van der Waals surface area contributed by atoms with Gasteiger partial charge in [-0.3, -0.25) is 4.79 Å². The van der Waals surface area contributed by atoms with Crippen LogP contribution in [0.2, 0.25) is 0 Å². The molecule has 24 heavy (non-hydrogen) atoms. The monoisotopic (exact) mass is 454 g/mol. The first-order chi connectivity index (χ1) is 11.5. The summed E-state index contributed by atoms with van der Waals surface area (Å²) in [6.45, 7) is 1.82. The molecule has 0 aliphatic carbocycles. The maximum absolute atomic E-state index is 11.8. The number of ether oxygens (including phenoxy) is 2. The molecule has 1 N–H and O–H groups in total. The highest BCUT2D eigenvalue weighted by Gasteiger charge is 2.10.